The third-order valence-electron chi connectivity index (χ3n) is 2.70. The Bertz CT molecular complexity index is 357. The van der Waals surface area contributed by atoms with Crippen molar-refractivity contribution in [2.45, 2.75) is 19.8 Å². The van der Waals surface area contributed by atoms with Crippen LogP contribution in [0.1, 0.15) is 25.3 Å². The van der Waals surface area contributed by atoms with E-state index in [1.807, 2.05) is 18.2 Å². The molecule has 0 aromatic heterocycles. The summed E-state index contributed by atoms with van der Waals surface area (Å²) < 4.78 is 0. The number of nitrogens with zero attached hydrogens (tertiary/aromatic N) is 1. The smallest absolute Gasteiger partial charge is 0.0992 e. The largest absolute Gasteiger partial charge is 0.396 e. The standard InChI is InChI=1S/C13H18N2O/c1-2-11(6-7-16)10-15-13-5-3-4-12(8-13)9-14/h3-5,8,11,15-16H,2,6-7,10H2,1H3. The Balaban J connectivity index is 2.50. The first kappa shape index (κ1) is 12.5. The predicted molar refractivity (Wildman–Crippen MR) is 65.1 cm³/mol. The molecule has 0 bridgehead atoms. The molecule has 2 N–H and O–H groups in total. The molecule has 1 aromatic rings. The van der Waals surface area contributed by atoms with E-state index in [4.69, 9.17) is 10.4 Å². The van der Waals surface area contributed by atoms with Gasteiger partial charge >= 0.3 is 0 Å². The van der Waals surface area contributed by atoms with Gasteiger partial charge in [-0.2, -0.15) is 5.26 Å². The summed E-state index contributed by atoms with van der Waals surface area (Å²) in [6.45, 7) is 3.19. The van der Waals surface area contributed by atoms with Crippen LogP contribution in [0.2, 0.25) is 0 Å². The second kappa shape index (κ2) is 6.86. The highest BCUT2D eigenvalue weighted by Gasteiger charge is 2.05. The van der Waals surface area contributed by atoms with Gasteiger partial charge in [0.15, 0.2) is 0 Å². The van der Waals surface area contributed by atoms with Crippen molar-refractivity contribution < 1.29 is 5.11 Å². The molecule has 0 fully saturated rings. The van der Waals surface area contributed by atoms with E-state index in [1.54, 1.807) is 6.07 Å². The van der Waals surface area contributed by atoms with Gasteiger partial charge in [-0.3, -0.25) is 0 Å². The number of nitriles is 1. The fraction of sp³-hybridized carbons (Fsp3) is 0.462. The quantitative estimate of drug-likeness (QED) is 0.770. The van der Waals surface area contributed by atoms with Gasteiger partial charge in [-0.15, -0.1) is 0 Å². The molecule has 86 valence electrons. The zero-order valence-electron chi connectivity index (χ0n) is 9.61. The number of nitrogens with one attached hydrogen (secondary N) is 1. The van der Waals surface area contributed by atoms with Crippen LogP contribution in [-0.4, -0.2) is 18.3 Å². The molecule has 0 aliphatic heterocycles. The average molecular weight is 218 g/mol. The van der Waals surface area contributed by atoms with Gasteiger partial charge in [0, 0.05) is 18.8 Å². The maximum atomic E-state index is 8.88. The van der Waals surface area contributed by atoms with E-state index < -0.39 is 0 Å². The number of rotatable bonds is 6. The minimum atomic E-state index is 0.235. The van der Waals surface area contributed by atoms with Gasteiger partial charge in [-0.25, -0.2) is 0 Å². The normalized spacial score (nSPS) is 11.8. The Labute approximate surface area is 96.7 Å². The number of hydrogen-bond donors (Lipinski definition) is 2. The molecule has 0 aliphatic rings. The number of benzene rings is 1. The molecule has 0 saturated heterocycles. The van der Waals surface area contributed by atoms with Crippen LogP contribution in [0.25, 0.3) is 0 Å². The Morgan fingerprint density at radius 3 is 2.94 bits per heavy atom. The van der Waals surface area contributed by atoms with Crippen molar-refractivity contribution in [3.05, 3.63) is 29.8 Å². The van der Waals surface area contributed by atoms with Crippen molar-refractivity contribution in [3.8, 4) is 6.07 Å². The SMILES string of the molecule is CCC(CCO)CNc1cccc(C#N)c1. The van der Waals surface area contributed by atoms with Crippen molar-refractivity contribution in [3.63, 3.8) is 0 Å². The van der Waals surface area contributed by atoms with E-state index >= 15 is 0 Å². The first-order valence-electron chi connectivity index (χ1n) is 5.65. The van der Waals surface area contributed by atoms with Crippen LogP contribution in [0, 0.1) is 17.2 Å². The summed E-state index contributed by atoms with van der Waals surface area (Å²) in [6.07, 6.45) is 1.87. The fourth-order valence-corrected chi connectivity index (χ4v) is 1.59. The summed E-state index contributed by atoms with van der Waals surface area (Å²) in [6, 6.07) is 9.56. The molecule has 16 heavy (non-hydrogen) atoms. The molecule has 3 nitrogen and oxygen atoms in total. The van der Waals surface area contributed by atoms with E-state index in [9.17, 15) is 0 Å². The van der Waals surface area contributed by atoms with Crippen molar-refractivity contribution in [2.75, 3.05) is 18.5 Å². The van der Waals surface area contributed by atoms with Gasteiger partial charge in [0.1, 0.15) is 0 Å². The maximum absolute atomic E-state index is 8.88. The summed E-state index contributed by atoms with van der Waals surface area (Å²) in [4.78, 5) is 0. The number of aliphatic hydroxyl groups excluding tert-OH is 1. The van der Waals surface area contributed by atoms with Crippen LogP contribution in [0.15, 0.2) is 24.3 Å². The van der Waals surface area contributed by atoms with Crippen LogP contribution in [0.4, 0.5) is 5.69 Å². The van der Waals surface area contributed by atoms with Crippen molar-refractivity contribution in [1.82, 2.24) is 0 Å². The van der Waals surface area contributed by atoms with Crippen LogP contribution < -0.4 is 5.32 Å². The molecular formula is C13H18N2O. The van der Waals surface area contributed by atoms with Gasteiger partial charge in [0.25, 0.3) is 0 Å². The molecule has 1 aromatic carbocycles. The zero-order chi connectivity index (χ0) is 11.8. The van der Waals surface area contributed by atoms with Crippen LogP contribution in [0.3, 0.4) is 0 Å². The molecule has 3 heteroatoms. The van der Waals surface area contributed by atoms with E-state index in [-0.39, 0.29) is 6.61 Å². The second-order valence-electron chi connectivity index (χ2n) is 3.86. The highest BCUT2D eigenvalue weighted by atomic mass is 16.3. The lowest BCUT2D eigenvalue weighted by atomic mass is 10.0. The molecule has 0 aliphatic carbocycles. The minimum absolute atomic E-state index is 0.235. The molecule has 1 unspecified atom stereocenters. The second-order valence-corrected chi connectivity index (χ2v) is 3.86. The van der Waals surface area contributed by atoms with Gasteiger partial charge < -0.3 is 10.4 Å². The third-order valence-corrected chi connectivity index (χ3v) is 2.70. The Morgan fingerprint density at radius 1 is 1.50 bits per heavy atom. The van der Waals surface area contributed by atoms with Gasteiger partial charge in [0.2, 0.25) is 0 Å². The lowest BCUT2D eigenvalue weighted by molar-refractivity contribution is 0.258. The fourth-order valence-electron chi connectivity index (χ4n) is 1.59. The monoisotopic (exact) mass is 218 g/mol. The Hall–Kier alpha value is -1.53. The van der Waals surface area contributed by atoms with Gasteiger partial charge in [0.05, 0.1) is 11.6 Å². The minimum Gasteiger partial charge on any atom is -0.396 e. The molecule has 1 atom stereocenters. The van der Waals surface area contributed by atoms with E-state index in [0.29, 0.717) is 11.5 Å². The zero-order valence-corrected chi connectivity index (χ0v) is 9.61. The summed E-state index contributed by atoms with van der Waals surface area (Å²) in [7, 11) is 0. The predicted octanol–water partition coefficient (Wildman–Crippen LogP) is 2.38. The molecule has 0 saturated carbocycles. The molecule has 0 heterocycles. The number of hydrogen-bond acceptors (Lipinski definition) is 3. The first-order valence-corrected chi connectivity index (χ1v) is 5.65. The van der Waals surface area contributed by atoms with Crippen molar-refractivity contribution in [1.29, 1.82) is 5.26 Å². The molecular weight excluding hydrogens is 200 g/mol. The van der Waals surface area contributed by atoms with Crippen molar-refractivity contribution >= 4 is 5.69 Å². The van der Waals surface area contributed by atoms with E-state index in [0.717, 1.165) is 25.1 Å². The highest BCUT2D eigenvalue weighted by molar-refractivity contribution is 5.49. The molecule has 1 rings (SSSR count). The molecule has 0 amide bonds. The highest BCUT2D eigenvalue weighted by Crippen LogP contribution is 2.13. The summed E-state index contributed by atoms with van der Waals surface area (Å²) >= 11 is 0. The molecule has 0 radical (unpaired) electrons. The van der Waals surface area contributed by atoms with Crippen molar-refractivity contribution in [2.24, 2.45) is 5.92 Å². The molecule has 0 spiro atoms. The summed E-state index contributed by atoms with van der Waals surface area (Å²) in [5.74, 6) is 0.482. The van der Waals surface area contributed by atoms with Crippen LogP contribution >= 0.6 is 0 Å². The van der Waals surface area contributed by atoms with E-state index in [2.05, 4.69) is 18.3 Å². The van der Waals surface area contributed by atoms with E-state index in [1.165, 1.54) is 0 Å². The lowest BCUT2D eigenvalue weighted by Gasteiger charge is -2.15. The number of anilines is 1. The Morgan fingerprint density at radius 2 is 2.31 bits per heavy atom. The average Bonchev–Trinajstić information content (AvgIpc) is 2.34. The summed E-state index contributed by atoms with van der Waals surface area (Å²) in [5, 5.41) is 20.9. The van der Waals surface area contributed by atoms with Crippen LogP contribution in [-0.2, 0) is 0 Å². The topological polar surface area (TPSA) is 56.0 Å². The number of aliphatic hydroxyl groups is 1. The van der Waals surface area contributed by atoms with Gasteiger partial charge in [-0.1, -0.05) is 19.4 Å². The summed E-state index contributed by atoms with van der Waals surface area (Å²) in [5.41, 5.74) is 1.63. The maximum Gasteiger partial charge on any atom is 0.0992 e. The third kappa shape index (κ3) is 3.92. The van der Waals surface area contributed by atoms with Crippen LogP contribution in [0.5, 0.6) is 0 Å². The first-order chi connectivity index (χ1) is 7.80. The lowest BCUT2D eigenvalue weighted by Crippen LogP contribution is -2.14. The Kier molecular flexibility index (Phi) is 5.38. The van der Waals surface area contributed by atoms with Gasteiger partial charge in [-0.05, 0) is 30.5 Å².